The normalized spacial score (nSPS) is 17.8. The number of carbonyl (C=O) groups is 1. The predicted molar refractivity (Wildman–Crippen MR) is 94.5 cm³/mol. The number of benzene rings is 1. The average molecular weight is 325 g/mol. The molecule has 2 rings (SSSR count). The number of rotatable bonds is 7. The van der Waals surface area contributed by atoms with Gasteiger partial charge in [0.1, 0.15) is 0 Å². The van der Waals surface area contributed by atoms with Gasteiger partial charge in [-0.3, -0.25) is 4.79 Å². The van der Waals surface area contributed by atoms with Crippen LogP contribution in [0, 0.1) is 0 Å². The molecule has 4 heteroatoms. The average Bonchev–Trinajstić information content (AvgIpc) is 2.97. The molecule has 0 aromatic heterocycles. The highest BCUT2D eigenvalue weighted by Gasteiger charge is 2.21. The molecule has 2 N–H and O–H groups in total. The molecule has 1 heterocycles. The minimum atomic E-state index is -0.143. The van der Waals surface area contributed by atoms with Crippen LogP contribution in [-0.2, 0) is 11.2 Å². The molecule has 1 aliphatic heterocycles. The second-order valence-electron chi connectivity index (χ2n) is 6.75. The molecule has 124 valence electrons. The Morgan fingerprint density at radius 3 is 2.68 bits per heavy atom. The van der Waals surface area contributed by atoms with Crippen molar-refractivity contribution in [1.82, 2.24) is 10.6 Å². The van der Waals surface area contributed by atoms with E-state index in [0.29, 0.717) is 12.5 Å². The molecule has 1 fully saturated rings. The molecule has 0 bridgehead atoms. The zero-order valence-electron chi connectivity index (χ0n) is 13.7. The largest absolute Gasteiger partial charge is 0.351 e. The van der Waals surface area contributed by atoms with Crippen molar-refractivity contribution in [2.75, 3.05) is 6.54 Å². The third kappa shape index (κ3) is 6.80. The van der Waals surface area contributed by atoms with Crippen LogP contribution in [-0.4, -0.2) is 24.0 Å². The zero-order valence-corrected chi connectivity index (χ0v) is 14.5. The van der Waals surface area contributed by atoms with E-state index in [1.54, 1.807) is 0 Å². The number of nitrogens with one attached hydrogen (secondary N) is 2. The lowest BCUT2D eigenvalue weighted by atomic mass is 9.95. The molecule has 1 aromatic rings. The summed E-state index contributed by atoms with van der Waals surface area (Å²) >= 11 is 0. The Balaban J connectivity index is 0.00000242. The van der Waals surface area contributed by atoms with Crippen LogP contribution in [0.2, 0.25) is 0 Å². The van der Waals surface area contributed by atoms with Gasteiger partial charge in [0.05, 0.1) is 0 Å². The third-order valence-electron chi connectivity index (χ3n) is 4.24. The van der Waals surface area contributed by atoms with Crippen molar-refractivity contribution < 1.29 is 4.79 Å². The van der Waals surface area contributed by atoms with Gasteiger partial charge in [0.15, 0.2) is 0 Å². The highest BCUT2D eigenvalue weighted by Crippen LogP contribution is 2.15. The van der Waals surface area contributed by atoms with E-state index in [2.05, 4.69) is 48.7 Å². The minimum Gasteiger partial charge on any atom is -0.351 e. The SMILES string of the molecule is CC(C)(CCc1ccccc1)NC(=O)CCC1CCCN1.Cl. The second-order valence-corrected chi connectivity index (χ2v) is 6.75. The Morgan fingerprint density at radius 1 is 1.32 bits per heavy atom. The van der Waals surface area contributed by atoms with Crippen LogP contribution in [0.3, 0.4) is 0 Å². The molecule has 22 heavy (non-hydrogen) atoms. The highest BCUT2D eigenvalue weighted by molar-refractivity contribution is 5.85. The molecule has 0 spiro atoms. The maximum atomic E-state index is 12.1. The Hall–Kier alpha value is -1.06. The maximum absolute atomic E-state index is 12.1. The van der Waals surface area contributed by atoms with Crippen LogP contribution in [0.25, 0.3) is 0 Å². The van der Waals surface area contributed by atoms with Crippen LogP contribution < -0.4 is 10.6 Å². The van der Waals surface area contributed by atoms with Crippen molar-refractivity contribution in [2.45, 2.75) is 64.0 Å². The molecule has 0 radical (unpaired) electrons. The van der Waals surface area contributed by atoms with E-state index in [-0.39, 0.29) is 23.9 Å². The number of hydrogen-bond donors (Lipinski definition) is 2. The van der Waals surface area contributed by atoms with Crippen molar-refractivity contribution in [3.63, 3.8) is 0 Å². The van der Waals surface area contributed by atoms with E-state index in [1.165, 1.54) is 18.4 Å². The van der Waals surface area contributed by atoms with Crippen molar-refractivity contribution in [2.24, 2.45) is 0 Å². The summed E-state index contributed by atoms with van der Waals surface area (Å²) in [5.41, 5.74) is 1.19. The molecule has 0 saturated carbocycles. The predicted octanol–water partition coefficient (Wildman–Crippen LogP) is 3.47. The smallest absolute Gasteiger partial charge is 0.220 e. The Bertz CT molecular complexity index is 442. The molecular weight excluding hydrogens is 296 g/mol. The van der Waals surface area contributed by atoms with E-state index in [4.69, 9.17) is 0 Å². The van der Waals surface area contributed by atoms with Crippen LogP contribution in [0.5, 0.6) is 0 Å². The van der Waals surface area contributed by atoms with Gasteiger partial charge in [0.2, 0.25) is 5.91 Å². The molecule has 0 aliphatic carbocycles. The number of halogens is 1. The van der Waals surface area contributed by atoms with Crippen LogP contribution in [0.15, 0.2) is 30.3 Å². The summed E-state index contributed by atoms with van der Waals surface area (Å²) in [6, 6.07) is 11.0. The number of aryl methyl sites for hydroxylation is 1. The number of hydrogen-bond acceptors (Lipinski definition) is 2. The lowest BCUT2D eigenvalue weighted by Crippen LogP contribution is -2.44. The number of carbonyl (C=O) groups excluding carboxylic acids is 1. The fourth-order valence-electron chi connectivity index (χ4n) is 2.91. The first kappa shape index (κ1) is 19.0. The summed E-state index contributed by atoms with van der Waals surface area (Å²) in [5, 5.41) is 6.63. The van der Waals surface area contributed by atoms with E-state index in [9.17, 15) is 4.79 Å². The summed E-state index contributed by atoms with van der Waals surface area (Å²) in [5.74, 6) is 0.182. The Morgan fingerprint density at radius 2 is 2.05 bits per heavy atom. The van der Waals surface area contributed by atoms with Gasteiger partial charge in [-0.15, -0.1) is 12.4 Å². The van der Waals surface area contributed by atoms with Crippen LogP contribution in [0.4, 0.5) is 0 Å². The molecule has 1 atom stereocenters. The Labute approximate surface area is 140 Å². The maximum Gasteiger partial charge on any atom is 0.220 e. The summed E-state index contributed by atoms with van der Waals surface area (Å²) in [7, 11) is 0. The molecule has 1 unspecified atom stereocenters. The first-order chi connectivity index (χ1) is 10.1. The fraction of sp³-hybridized carbons (Fsp3) is 0.611. The van der Waals surface area contributed by atoms with Crippen molar-refractivity contribution in [3.05, 3.63) is 35.9 Å². The molecule has 3 nitrogen and oxygen atoms in total. The second kappa shape index (κ2) is 9.16. The van der Waals surface area contributed by atoms with Gasteiger partial charge in [-0.05, 0) is 58.1 Å². The van der Waals surface area contributed by atoms with E-state index in [1.807, 2.05) is 6.07 Å². The van der Waals surface area contributed by atoms with Crippen molar-refractivity contribution in [1.29, 1.82) is 0 Å². The van der Waals surface area contributed by atoms with E-state index in [0.717, 1.165) is 25.8 Å². The van der Waals surface area contributed by atoms with Gasteiger partial charge in [-0.1, -0.05) is 30.3 Å². The lowest BCUT2D eigenvalue weighted by molar-refractivity contribution is -0.122. The monoisotopic (exact) mass is 324 g/mol. The van der Waals surface area contributed by atoms with Gasteiger partial charge in [-0.2, -0.15) is 0 Å². The standard InChI is InChI=1S/C18H28N2O.ClH/c1-18(2,13-12-15-7-4-3-5-8-15)20-17(21)11-10-16-9-6-14-19-16;/h3-5,7-8,16,19H,6,9-14H2,1-2H3,(H,20,21);1H. The molecule has 1 aliphatic rings. The first-order valence-corrected chi connectivity index (χ1v) is 8.13. The summed E-state index contributed by atoms with van der Waals surface area (Å²) in [6.07, 6.45) is 6.01. The van der Waals surface area contributed by atoms with Gasteiger partial charge in [0.25, 0.3) is 0 Å². The molecule has 1 amide bonds. The van der Waals surface area contributed by atoms with E-state index >= 15 is 0 Å². The third-order valence-corrected chi connectivity index (χ3v) is 4.24. The molecule has 1 aromatic carbocycles. The topological polar surface area (TPSA) is 41.1 Å². The van der Waals surface area contributed by atoms with Gasteiger partial charge in [-0.25, -0.2) is 0 Å². The van der Waals surface area contributed by atoms with Crippen molar-refractivity contribution >= 4 is 18.3 Å². The number of amides is 1. The highest BCUT2D eigenvalue weighted by atomic mass is 35.5. The van der Waals surface area contributed by atoms with Gasteiger partial charge < -0.3 is 10.6 Å². The van der Waals surface area contributed by atoms with Crippen LogP contribution in [0.1, 0.15) is 51.5 Å². The first-order valence-electron chi connectivity index (χ1n) is 8.13. The lowest BCUT2D eigenvalue weighted by Gasteiger charge is -2.26. The molecular formula is C18H29ClN2O. The minimum absolute atomic E-state index is 0. The van der Waals surface area contributed by atoms with Gasteiger partial charge >= 0.3 is 0 Å². The quantitative estimate of drug-likeness (QED) is 0.806. The van der Waals surface area contributed by atoms with Gasteiger partial charge in [0, 0.05) is 18.0 Å². The van der Waals surface area contributed by atoms with Crippen LogP contribution >= 0.6 is 12.4 Å². The fourth-order valence-corrected chi connectivity index (χ4v) is 2.91. The Kier molecular flexibility index (Phi) is 7.91. The summed E-state index contributed by atoms with van der Waals surface area (Å²) in [4.78, 5) is 12.1. The summed E-state index contributed by atoms with van der Waals surface area (Å²) < 4.78 is 0. The van der Waals surface area contributed by atoms with Crippen molar-refractivity contribution in [3.8, 4) is 0 Å². The molecule has 1 saturated heterocycles. The van der Waals surface area contributed by atoms with E-state index < -0.39 is 0 Å². The summed E-state index contributed by atoms with van der Waals surface area (Å²) in [6.45, 7) is 5.33. The zero-order chi connectivity index (χ0) is 15.1.